The molecule has 1 saturated carbocycles. The third-order valence-corrected chi connectivity index (χ3v) is 4.46. The second-order valence-electron chi connectivity index (χ2n) is 7.45. The molecule has 20 heavy (non-hydrogen) atoms. The zero-order valence-corrected chi connectivity index (χ0v) is 13.6. The third kappa shape index (κ3) is 3.54. The Morgan fingerprint density at radius 2 is 2.00 bits per heavy atom. The maximum atomic E-state index is 10.3. The van der Waals surface area contributed by atoms with Crippen molar-refractivity contribution < 1.29 is 5.11 Å². The molecule has 3 atom stereocenters. The van der Waals surface area contributed by atoms with E-state index in [1.807, 2.05) is 6.92 Å². The summed E-state index contributed by atoms with van der Waals surface area (Å²) in [6.07, 6.45) is 3.16. The largest absolute Gasteiger partial charge is 0.374 e. The Balaban J connectivity index is 2.29. The molecule has 0 heterocycles. The molecule has 1 aliphatic rings. The number of rotatable bonds is 3. The van der Waals surface area contributed by atoms with Crippen molar-refractivity contribution in [3.05, 3.63) is 29.8 Å². The van der Waals surface area contributed by atoms with Crippen LogP contribution in [0.5, 0.6) is 0 Å². The van der Waals surface area contributed by atoms with Crippen LogP contribution >= 0.6 is 0 Å². The molecule has 0 aromatic heterocycles. The fourth-order valence-electron chi connectivity index (χ4n) is 4.03. The van der Waals surface area contributed by atoms with E-state index in [2.05, 4.69) is 56.9 Å². The number of hydrogen-bond donors (Lipinski definition) is 1. The zero-order chi connectivity index (χ0) is 14.9. The molecule has 1 aromatic rings. The second-order valence-corrected chi connectivity index (χ2v) is 7.45. The molecule has 0 radical (unpaired) electrons. The zero-order valence-electron chi connectivity index (χ0n) is 13.6. The van der Waals surface area contributed by atoms with E-state index < -0.39 is 6.23 Å². The standard InChI is InChI=1S/C18H29NO/c1-13-7-6-8-16(9-13)19(15(3)20)17-10-14(2)11-18(4,5)12-17/h6-9,14-15,17,20H,10-12H2,1-5H3. The first kappa shape index (κ1) is 15.4. The van der Waals surface area contributed by atoms with E-state index in [0.717, 1.165) is 18.0 Å². The van der Waals surface area contributed by atoms with Crippen LogP contribution in [0.3, 0.4) is 0 Å². The Morgan fingerprint density at radius 3 is 2.55 bits per heavy atom. The first-order valence-electron chi connectivity index (χ1n) is 7.81. The van der Waals surface area contributed by atoms with Gasteiger partial charge in [0, 0.05) is 11.7 Å². The molecule has 0 saturated heterocycles. The molecule has 0 amide bonds. The van der Waals surface area contributed by atoms with Crippen LogP contribution in [0.2, 0.25) is 0 Å². The Kier molecular flexibility index (Phi) is 4.43. The molecule has 0 bridgehead atoms. The lowest BCUT2D eigenvalue weighted by atomic mass is 9.70. The van der Waals surface area contributed by atoms with Crippen LogP contribution in [0, 0.1) is 18.3 Å². The molecule has 1 aromatic carbocycles. The van der Waals surface area contributed by atoms with Crippen LogP contribution in [-0.4, -0.2) is 17.4 Å². The summed E-state index contributed by atoms with van der Waals surface area (Å²) >= 11 is 0. The Bertz CT molecular complexity index is 452. The highest BCUT2D eigenvalue weighted by Crippen LogP contribution is 2.42. The van der Waals surface area contributed by atoms with Gasteiger partial charge in [-0.1, -0.05) is 32.9 Å². The minimum absolute atomic E-state index is 0.360. The van der Waals surface area contributed by atoms with Crippen LogP contribution in [0.1, 0.15) is 52.5 Å². The summed E-state index contributed by atoms with van der Waals surface area (Å²) in [7, 11) is 0. The highest BCUT2D eigenvalue weighted by molar-refractivity contribution is 5.50. The van der Waals surface area contributed by atoms with Gasteiger partial charge in [-0.15, -0.1) is 0 Å². The van der Waals surface area contributed by atoms with Crippen molar-refractivity contribution in [1.29, 1.82) is 0 Å². The lowest BCUT2D eigenvalue weighted by molar-refractivity contribution is 0.119. The number of nitrogens with zero attached hydrogens (tertiary/aromatic N) is 1. The number of aryl methyl sites for hydroxylation is 1. The van der Waals surface area contributed by atoms with Gasteiger partial charge in [-0.05, 0) is 62.1 Å². The molecule has 2 heteroatoms. The van der Waals surface area contributed by atoms with Gasteiger partial charge in [0.05, 0.1) is 0 Å². The van der Waals surface area contributed by atoms with Gasteiger partial charge in [0.2, 0.25) is 0 Å². The molecule has 1 fully saturated rings. The van der Waals surface area contributed by atoms with E-state index in [1.54, 1.807) is 0 Å². The van der Waals surface area contributed by atoms with Gasteiger partial charge < -0.3 is 10.0 Å². The third-order valence-electron chi connectivity index (χ3n) is 4.46. The summed E-state index contributed by atoms with van der Waals surface area (Å²) in [5, 5.41) is 10.3. The molecule has 1 N–H and O–H groups in total. The van der Waals surface area contributed by atoms with Gasteiger partial charge in [0.25, 0.3) is 0 Å². The van der Waals surface area contributed by atoms with Crippen LogP contribution in [0.25, 0.3) is 0 Å². The first-order valence-corrected chi connectivity index (χ1v) is 7.81. The van der Waals surface area contributed by atoms with Crippen LogP contribution in [0.15, 0.2) is 24.3 Å². The Morgan fingerprint density at radius 1 is 1.30 bits per heavy atom. The van der Waals surface area contributed by atoms with E-state index >= 15 is 0 Å². The molecular formula is C18H29NO. The van der Waals surface area contributed by atoms with E-state index in [-0.39, 0.29) is 0 Å². The topological polar surface area (TPSA) is 23.5 Å². The average molecular weight is 275 g/mol. The van der Waals surface area contributed by atoms with Crippen LogP contribution in [0.4, 0.5) is 5.69 Å². The van der Waals surface area contributed by atoms with Crippen molar-refractivity contribution in [2.45, 2.75) is 66.2 Å². The Labute approximate surface area is 123 Å². The predicted octanol–water partition coefficient (Wildman–Crippen LogP) is 4.35. The monoisotopic (exact) mass is 275 g/mol. The minimum Gasteiger partial charge on any atom is -0.374 e. The van der Waals surface area contributed by atoms with Gasteiger partial charge in [0.15, 0.2) is 0 Å². The number of aliphatic hydroxyl groups is 1. The van der Waals surface area contributed by atoms with Gasteiger partial charge in [-0.2, -0.15) is 0 Å². The summed E-state index contributed by atoms with van der Waals surface area (Å²) < 4.78 is 0. The van der Waals surface area contributed by atoms with Gasteiger partial charge in [0.1, 0.15) is 6.23 Å². The van der Waals surface area contributed by atoms with Crippen molar-refractivity contribution in [3.63, 3.8) is 0 Å². The maximum absolute atomic E-state index is 10.3. The lowest BCUT2D eigenvalue weighted by Gasteiger charge is -2.46. The summed E-state index contributed by atoms with van der Waals surface area (Å²) in [6.45, 7) is 11.0. The van der Waals surface area contributed by atoms with Crippen molar-refractivity contribution in [2.24, 2.45) is 11.3 Å². The summed E-state index contributed by atoms with van der Waals surface area (Å²) in [4.78, 5) is 2.21. The summed E-state index contributed by atoms with van der Waals surface area (Å²) in [6, 6.07) is 8.91. The van der Waals surface area contributed by atoms with Crippen molar-refractivity contribution in [1.82, 2.24) is 0 Å². The number of aliphatic hydroxyl groups excluding tert-OH is 1. The van der Waals surface area contributed by atoms with Crippen molar-refractivity contribution in [2.75, 3.05) is 4.90 Å². The molecular weight excluding hydrogens is 246 g/mol. The first-order chi connectivity index (χ1) is 9.28. The fourth-order valence-corrected chi connectivity index (χ4v) is 4.03. The van der Waals surface area contributed by atoms with E-state index in [9.17, 15) is 5.11 Å². The smallest absolute Gasteiger partial charge is 0.124 e. The molecule has 2 rings (SSSR count). The number of benzene rings is 1. The fraction of sp³-hybridized carbons (Fsp3) is 0.667. The van der Waals surface area contributed by atoms with Gasteiger partial charge >= 0.3 is 0 Å². The predicted molar refractivity (Wildman–Crippen MR) is 85.9 cm³/mol. The van der Waals surface area contributed by atoms with Crippen molar-refractivity contribution in [3.8, 4) is 0 Å². The summed E-state index contributed by atoms with van der Waals surface area (Å²) in [5.74, 6) is 0.717. The Hall–Kier alpha value is -1.02. The minimum atomic E-state index is -0.442. The molecule has 3 unspecified atom stereocenters. The number of hydrogen-bond acceptors (Lipinski definition) is 2. The van der Waals surface area contributed by atoms with E-state index in [4.69, 9.17) is 0 Å². The summed E-state index contributed by atoms with van der Waals surface area (Å²) in [5.41, 5.74) is 2.76. The highest BCUT2D eigenvalue weighted by atomic mass is 16.3. The SMILES string of the molecule is Cc1cccc(N(C(C)O)C2CC(C)CC(C)(C)C2)c1. The average Bonchev–Trinajstić information content (AvgIpc) is 2.25. The molecule has 2 nitrogen and oxygen atoms in total. The van der Waals surface area contributed by atoms with Gasteiger partial charge in [-0.3, -0.25) is 0 Å². The highest BCUT2D eigenvalue weighted by Gasteiger charge is 2.36. The molecule has 0 aliphatic heterocycles. The van der Waals surface area contributed by atoms with Crippen LogP contribution < -0.4 is 4.90 Å². The normalized spacial score (nSPS) is 27.1. The number of anilines is 1. The molecule has 112 valence electrons. The van der Waals surface area contributed by atoms with Gasteiger partial charge in [-0.25, -0.2) is 0 Å². The van der Waals surface area contributed by atoms with E-state index in [1.165, 1.54) is 18.4 Å². The quantitative estimate of drug-likeness (QED) is 0.829. The lowest BCUT2D eigenvalue weighted by Crippen LogP contribution is -2.47. The molecule has 0 spiro atoms. The van der Waals surface area contributed by atoms with Crippen LogP contribution in [-0.2, 0) is 0 Å². The van der Waals surface area contributed by atoms with E-state index in [0.29, 0.717) is 11.5 Å². The van der Waals surface area contributed by atoms with Crippen molar-refractivity contribution >= 4 is 5.69 Å². The second kappa shape index (κ2) is 5.77. The molecule has 1 aliphatic carbocycles. The maximum Gasteiger partial charge on any atom is 0.124 e.